The Bertz CT molecular complexity index is 963. The molecule has 9 nitrogen and oxygen atoms in total. The summed E-state index contributed by atoms with van der Waals surface area (Å²) in [6.07, 6.45) is 5.35. The number of rotatable bonds is 9. The first-order chi connectivity index (χ1) is 14.8. The number of amides is 1. The molecule has 31 heavy (non-hydrogen) atoms. The Labute approximate surface area is 183 Å². The Morgan fingerprint density at radius 3 is 2.52 bits per heavy atom. The van der Waals surface area contributed by atoms with Gasteiger partial charge in [-0.3, -0.25) is 9.69 Å². The molecule has 0 radical (unpaired) electrons. The number of nitrogens with zero attached hydrogens (tertiary/aromatic N) is 5. The van der Waals surface area contributed by atoms with Crippen molar-refractivity contribution in [1.29, 1.82) is 0 Å². The van der Waals surface area contributed by atoms with Crippen LogP contribution in [-0.4, -0.2) is 93.3 Å². The maximum atomic E-state index is 12.6. The van der Waals surface area contributed by atoms with Gasteiger partial charge in [0.1, 0.15) is 5.75 Å². The summed E-state index contributed by atoms with van der Waals surface area (Å²) in [5.41, 5.74) is 0. The minimum absolute atomic E-state index is 0.109. The summed E-state index contributed by atoms with van der Waals surface area (Å²) < 4.78 is 28.9. The largest absolute Gasteiger partial charge is 0.494 e. The van der Waals surface area contributed by atoms with E-state index in [1.54, 1.807) is 36.7 Å². The SMILES string of the molecule is CN(CCCOc1cccc(S(C)(=O)=O)c1)CC(=O)N1CCN(c2ncccn2)CC1. The number of hydrogen-bond donors (Lipinski definition) is 0. The predicted octanol–water partition coefficient (Wildman–Crippen LogP) is 0.930. The van der Waals surface area contributed by atoms with Gasteiger partial charge in [0.15, 0.2) is 9.84 Å². The number of aromatic nitrogens is 2. The Morgan fingerprint density at radius 1 is 1.13 bits per heavy atom. The molecule has 10 heteroatoms. The molecule has 0 spiro atoms. The van der Waals surface area contributed by atoms with Gasteiger partial charge in [-0.1, -0.05) is 6.07 Å². The highest BCUT2D eigenvalue weighted by Gasteiger charge is 2.23. The van der Waals surface area contributed by atoms with Crippen LogP contribution in [0.5, 0.6) is 5.75 Å². The van der Waals surface area contributed by atoms with Crippen LogP contribution in [0.1, 0.15) is 6.42 Å². The average Bonchev–Trinajstić information content (AvgIpc) is 2.77. The van der Waals surface area contributed by atoms with Crippen molar-refractivity contribution in [1.82, 2.24) is 19.8 Å². The molecule has 2 heterocycles. The molecule has 2 aromatic rings. The van der Waals surface area contributed by atoms with Gasteiger partial charge in [-0.15, -0.1) is 0 Å². The van der Waals surface area contributed by atoms with E-state index >= 15 is 0 Å². The van der Waals surface area contributed by atoms with Crippen LogP contribution in [0.15, 0.2) is 47.6 Å². The molecule has 0 aliphatic carbocycles. The minimum atomic E-state index is -3.25. The molecule has 1 aromatic carbocycles. The Hall–Kier alpha value is -2.72. The summed E-state index contributed by atoms with van der Waals surface area (Å²) in [5.74, 6) is 1.34. The number of hydrogen-bond acceptors (Lipinski definition) is 8. The van der Waals surface area contributed by atoms with Crippen LogP contribution < -0.4 is 9.64 Å². The molecular formula is C21H29N5O4S. The fourth-order valence-electron chi connectivity index (χ4n) is 3.34. The standard InChI is InChI=1S/C21H29N5O4S/c1-24(10-5-15-30-18-6-3-7-19(16-18)31(2,28)29)17-20(27)25-11-13-26(14-12-25)21-22-8-4-9-23-21/h3-4,6-9,16H,5,10-15,17H2,1-2H3. The van der Waals surface area contributed by atoms with E-state index in [4.69, 9.17) is 4.74 Å². The highest BCUT2D eigenvalue weighted by atomic mass is 32.2. The molecule has 0 saturated carbocycles. The van der Waals surface area contributed by atoms with Crippen LogP contribution in [0.25, 0.3) is 0 Å². The number of likely N-dealkylation sites (N-methyl/N-ethyl adjacent to an activating group) is 1. The zero-order valence-corrected chi connectivity index (χ0v) is 18.8. The van der Waals surface area contributed by atoms with E-state index in [1.807, 2.05) is 16.8 Å². The third-order valence-corrected chi connectivity index (χ3v) is 6.17. The van der Waals surface area contributed by atoms with E-state index in [0.29, 0.717) is 44.5 Å². The van der Waals surface area contributed by atoms with Crippen molar-refractivity contribution in [3.8, 4) is 5.75 Å². The molecule has 3 rings (SSSR count). The van der Waals surface area contributed by atoms with Crippen LogP contribution in [-0.2, 0) is 14.6 Å². The zero-order valence-electron chi connectivity index (χ0n) is 18.0. The van der Waals surface area contributed by atoms with Gasteiger partial charge in [0.2, 0.25) is 11.9 Å². The molecule has 1 aliphatic rings. The molecule has 1 amide bonds. The molecule has 1 aliphatic heterocycles. The van der Waals surface area contributed by atoms with Crippen molar-refractivity contribution in [2.75, 3.05) is 64.1 Å². The topological polar surface area (TPSA) is 95.9 Å². The first-order valence-electron chi connectivity index (χ1n) is 10.2. The van der Waals surface area contributed by atoms with Crippen molar-refractivity contribution in [2.24, 2.45) is 0 Å². The van der Waals surface area contributed by atoms with Crippen LogP contribution in [0, 0.1) is 0 Å². The number of anilines is 1. The number of benzene rings is 1. The third-order valence-electron chi connectivity index (χ3n) is 5.06. The first kappa shape index (κ1) is 23.0. The summed E-state index contributed by atoms with van der Waals surface area (Å²) in [6, 6.07) is 8.27. The van der Waals surface area contributed by atoms with Gasteiger partial charge in [-0.2, -0.15) is 0 Å². The molecule has 1 aromatic heterocycles. The van der Waals surface area contributed by atoms with Crippen LogP contribution >= 0.6 is 0 Å². The molecule has 0 unspecified atom stereocenters. The third kappa shape index (κ3) is 6.90. The van der Waals surface area contributed by atoms with Gasteiger partial charge in [0.05, 0.1) is 18.0 Å². The van der Waals surface area contributed by atoms with E-state index in [-0.39, 0.29) is 10.8 Å². The van der Waals surface area contributed by atoms with E-state index in [0.717, 1.165) is 19.5 Å². The summed E-state index contributed by atoms with van der Waals surface area (Å²) in [5, 5.41) is 0. The number of sulfone groups is 1. The maximum Gasteiger partial charge on any atom is 0.236 e. The Morgan fingerprint density at radius 2 is 1.84 bits per heavy atom. The van der Waals surface area contributed by atoms with E-state index in [1.165, 1.54) is 12.3 Å². The lowest BCUT2D eigenvalue weighted by molar-refractivity contribution is -0.132. The lowest BCUT2D eigenvalue weighted by Gasteiger charge is -2.35. The van der Waals surface area contributed by atoms with Crippen molar-refractivity contribution in [3.63, 3.8) is 0 Å². The van der Waals surface area contributed by atoms with Gasteiger partial charge in [-0.25, -0.2) is 18.4 Å². The lowest BCUT2D eigenvalue weighted by Crippen LogP contribution is -2.51. The van der Waals surface area contributed by atoms with E-state index < -0.39 is 9.84 Å². The van der Waals surface area contributed by atoms with Gasteiger partial charge >= 0.3 is 0 Å². The second kappa shape index (κ2) is 10.5. The van der Waals surface area contributed by atoms with E-state index in [2.05, 4.69) is 14.9 Å². The maximum absolute atomic E-state index is 12.6. The Balaban J connectivity index is 1.35. The predicted molar refractivity (Wildman–Crippen MR) is 118 cm³/mol. The molecule has 168 valence electrons. The van der Waals surface area contributed by atoms with Crippen LogP contribution in [0.4, 0.5) is 5.95 Å². The molecule has 0 atom stereocenters. The summed E-state index contributed by atoms with van der Waals surface area (Å²) in [7, 11) is -1.34. The highest BCUT2D eigenvalue weighted by Crippen LogP contribution is 2.17. The summed E-state index contributed by atoms with van der Waals surface area (Å²) in [4.78, 5) is 27.3. The summed E-state index contributed by atoms with van der Waals surface area (Å²) in [6.45, 7) is 4.26. The van der Waals surface area contributed by atoms with Crippen molar-refractivity contribution in [3.05, 3.63) is 42.7 Å². The number of piperazine rings is 1. The lowest BCUT2D eigenvalue weighted by atomic mass is 10.3. The second-order valence-electron chi connectivity index (χ2n) is 7.60. The van der Waals surface area contributed by atoms with Gasteiger partial charge in [-0.05, 0) is 37.7 Å². The minimum Gasteiger partial charge on any atom is -0.494 e. The van der Waals surface area contributed by atoms with Crippen LogP contribution in [0.2, 0.25) is 0 Å². The number of carbonyl (C=O) groups excluding carboxylic acids is 1. The normalized spacial score (nSPS) is 14.7. The first-order valence-corrected chi connectivity index (χ1v) is 12.1. The highest BCUT2D eigenvalue weighted by molar-refractivity contribution is 7.90. The van der Waals surface area contributed by atoms with Crippen molar-refractivity contribution in [2.45, 2.75) is 11.3 Å². The fraction of sp³-hybridized carbons (Fsp3) is 0.476. The molecular weight excluding hydrogens is 418 g/mol. The van der Waals surface area contributed by atoms with Crippen molar-refractivity contribution < 1.29 is 17.9 Å². The monoisotopic (exact) mass is 447 g/mol. The molecule has 1 fully saturated rings. The van der Waals surface area contributed by atoms with Gasteiger partial charge in [0, 0.05) is 51.4 Å². The second-order valence-corrected chi connectivity index (χ2v) is 9.62. The number of carbonyl (C=O) groups is 1. The Kier molecular flexibility index (Phi) is 7.80. The number of ether oxygens (including phenoxy) is 1. The summed E-state index contributed by atoms with van der Waals surface area (Å²) >= 11 is 0. The average molecular weight is 448 g/mol. The molecule has 0 N–H and O–H groups in total. The van der Waals surface area contributed by atoms with E-state index in [9.17, 15) is 13.2 Å². The zero-order chi connectivity index (χ0) is 22.3. The quantitative estimate of drug-likeness (QED) is 0.524. The fourth-order valence-corrected chi connectivity index (χ4v) is 4.00. The smallest absolute Gasteiger partial charge is 0.236 e. The van der Waals surface area contributed by atoms with Gasteiger partial charge < -0.3 is 14.5 Å². The molecule has 0 bridgehead atoms. The van der Waals surface area contributed by atoms with Gasteiger partial charge in [0.25, 0.3) is 0 Å². The van der Waals surface area contributed by atoms with Crippen LogP contribution in [0.3, 0.4) is 0 Å². The molecule has 1 saturated heterocycles. The van der Waals surface area contributed by atoms with Crippen molar-refractivity contribution >= 4 is 21.7 Å².